The van der Waals surface area contributed by atoms with E-state index in [1.165, 1.54) is 77.0 Å². The van der Waals surface area contributed by atoms with Crippen molar-refractivity contribution in [2.45, 2.75) is 219 Å². The van der Waals surface area contributed by atoms with Crippen molar-refractivity contribution in [1.82, 2.24) is 0 Å². The highest BCUT2D eigenvalue weighted by atomic mass is 16.6. The van der Waals surface area contributed by atoms with Crippen LogP contribution in [0.1, 0.15) is 213 Å². The van der Waals surface area contributed by atoms with Crippen LogP contribution in [0.4, 0.5) is 0 Å². The lowest BCUT2D eigenvalue weighted by atomic mass is 10.1. The third kappa shape index (κ3) is 47.2. The average molecular weight is 847 g/mol. The van der Waals surface area contributed by atoms with E-state index in [1.807, 2.05) is 30.4 Å². The zero-order valence-corrected chi connectivity index (χ0v) is 39.4. The first kappa shape index (κ1) is 57.3. The maximum atomic E-state index is 12.8. The molecule has 6 heteroatoms. The Morgan fingerprint density at radius 2 is 0.738 bits per heavy atom. The molecule has 0 aliphatic rings. The summed E-state index contributed by atoms with van der Waals surface area (Å²) in [5, 5.41) is 0. The van der Waals surface area contributed by atoms with E-state index in [2.05, 4.69) is 87.6 Å². The van der Waals surface area contributed by atoms with Crippen molar-refractivity contribution in [3.05, 3.63) is 97.2 Å². The van der Waals surface area contributed by atoms with Gasteiger partial charge in [-0.3, -0.25) is 14.4 Å². The van der Waals surface area contributed by atoms with Crippen LogP contribution in [0.25, 0.3) is 0 Å². The molecule has 0 N–H and O–H groups in total. The quantitative estimate of drug-likeness (QED) is 0.0200. The summed E-state index contributed by atoms with van der Waals surface area (Å²) in [4.78, 5) is 37.9. The minimum atomic E-state index is -0.816. The SMILES string of the molecule is CC/C=C/C=C/C=C/C=C/CCCCCCCC(=O)OCC(COC(=O)CC/C=C/C/C=C/CCCCCCCC)OC(=O)CCCCCCCC/C=C/C=C/CCCCC. The van der Waals surface area contributed by atoms with E-state index < -0.39 is 6.10 Å². The van der Waals surface area contributed by atoms with Crippen molar-refractivity contribution >= 4 is 17.9 Å². The predicted octanol–water partition coefficient (Wildman–Crippen LogP) is 16.2. The number of ether oxygens (including phenoxy) is 3. The fourth-order valence-corrected chi connectivity index (χ4v) is 6.44. The molecule has 0 aromatic rings. The van der Waals surface area contributed by atoms with Gasteiger partial charge in [0.2, 0.25) is 0 Å². The van der Waals surface area contributed by atoms with E-state index >= 15 is 0 Å². The fourth-order valence-electron chi connectivity index (χ4n) is 6.44. The molecule has 0 saturated heterocycles. The van der Waals surface area contributed by atoms with Crippen LogP contribution >= 0.6 is 0 Å². The Morgan fingerprint density at radius 3 is 1.28 bits per heavy atom. The first-order chi connectivity index (χ1) is 30.0. The highest BCUT2D eigenvalue weighted by Gasteiger charge is 2.19. The molecule has 0 saturated carbocycles. The van der Waals surface area contributed by atoms with Crippen LogP contribution in [0.15, 0.2) is 97.2 Å². The Kier molecular flexibility index (Phi) is 46.0. The van der Waals surface area contributed by atoms with Gasteiger partial charge in [0.1, 0.15) is 13.2 Å². The number of carbonyl (C=O) groups excluding carboxylic acids is 3. The summed E-state index contributed by atoms with van der Waals surface area (Å²) in [5.74, 6) is -1.02. The van der Waals surface area contributed by atoms with Gasteiger partial charge in [0, 0.05) is 19.3 Å². The Balaban J connectivity index is 4.53. The van der Waals surface area contributed by atoms with Crippen molar-refractivity contribution in [3.63, 3.8) is 0 Å². The molecule has 6 nitrogen and oxygen atoms in total. The second-order valence-corrected chi connectivity index (χ2v) is 16.1. The van der Waals surface area contributed by atoms with Gasteiger partial charge in [-0.25, -0.2) is 0 Å². The summed E-state index contributed by atoms with van der Waals surface area (Å²) in [6.45, 7) is 6.36. The Hall–Kier alpha value is -3.67. The number of carbonyl (C=O) groups is 3. The van der Waals surface area contributed by atoms with E-state index in [1.54, 1.807) is 0 Å². The van der Waals surface area contributed by atoms with Crippen LogP contribution < -0.4 is 0 Å². The third-order valence-electron chi connectivity index (χ3n) is 10.2. The number of esters is 3. The van der Waals surface area contributed by atoms with Crippen LogP contribution in [0.5, 0.6) is 0 Å². The maximum absolute atomic E-state index is 12.8. The van der Waals surface area contributed by atoms with Crippen LogP contribution in [-0.2, 0) is 28.6 Å². The van der Waals surface area contributed by atoms with E-state index in [-0.39, 0.29) is 37.5 Å². The van der Waals surface area contributed by atoms with Crippen molar-refractivity contribution in [3.8, 4) is 0 Å². The normalized spacial score (nSPS) is 12.9. The van der Waals surface area contributed by atoms with Gasteiger partial charge in [-0.05, 0) is 83.5 Å². The lowest BCUT2D eigenvalue weighted by Crippen LogP contribution is -2.30. The largest absolute Gasteiger partial charge is 0.462 e. The maximum Gasteiger partial charge on any atom is 0.306 e. The molecule has 0 aromatic heterocycles. The standard InChI is InChI=1S/C55H90O6/c1-4-7-10-13-16-19-22-25-27-30-33-36-39-42-45-48-54(57)60-51-52(50-59-53(56)47-44-41-38-35-32-29-24-21-18-15-12-9-6-3)61-55(58)49-46-43-40-37-34-31-28-26-23-20-17-14-11-8-5-2/h7,10,13,16-17,19-20,22-23,25-27,29,32,38,41,52H,4-6,8-9,11-12,14-15,18,21,24,28,30-31,33-37,39-40,42-51H2,1-3H3/b10-7+,16-13+,20-17+,22-19+,26-23+,27-25+,32-29+,41-38+. The highest BCUT2D eigenvalue weighted by Crippen LogP contribution is 2.13. The predicted molar refractivity (Wildman–Crippen MR) is 260 cm³/mol. The van der Waals surface area contributed by atoms with Crippen LogP contribution in [0.3, 0.4) is 0 Å². The number of rotatable bonds is 43. The summed E-state index contributed by atoms with van der Waals surface area (Å²) >= 11 is 0. The zero-order valence-electron chi connectivity index (χ0n) is 39.4. The minimum Gasteiger partial charge on any atom is -0.462 e. The monoisotopic (exact) mass is 847 g/mol. The Labute approximate surface area is 375 Å². The van der Waals surface area contributed by atoms with E-state index in [0.29, 0.717) is 19.3 Å². The second kappa shape index (κ2) is 49.0. The van der Waals surface area contributed by atoms with Crippen LogP contribution in [0, 0.1) is 0 Å². The van der Waals surface area contributed by atoms with Gasteiger partial charge in [-0.15, -0.1) is 0 Å². The molecule has 0 fully saturated rings. The van der Waals surface area contributed by atoms with Gasteiger partial charge in [-0.2, -0.15) is 0 Å². The van der Waals surface area contributed by atoms with Crippen LogP contribution in [-0.4, -0.2) is 37.2 Å². The van der Waals surface area contributed by atoms with Gasteiger partial charge in [0.25, 0.3) is 0 Å². The molecular formula is C55H90O6. The van der Waals surface area contributed by atoms with Gasteiger partial charge in [0.05, 0.1) is 0 Å². The second-order valence-electron chi connectivity index (χ2n) is 16.1. The molecule has 346 valence electrons. The van der Waals surface area contributed by atoms with Crippen LogP contribution in [0.2, 0.25) is 0 Å². The number of unbranched alkanes of at least 4 members (excludes halogenated alkanes) is 20. The van der Waals surface area contributed by atoms with Crippen molar-refractivity contribution in [2.75, 3.05) is 13.2 Å². The molecule has 0 aliphatic carbocycles. The topological polar surface area (TPSA) is 78.9 Å². The van der Waals surface area contributed by atoms with Crippen molar-refractivity contribution in [2.24, 2.45) is 0 Å². The summed E-state index contributed by atoms with van der Waals surface area (Å²) in [6, 6.07) is 0. The number of hydrogen-bond donors (Lipinski definition) is 0. The molecule has 1 unspecified atom stereocenters. The molecule has 0 aromatic carbocycles. The molecule has 0 heterocycles. The van der Waals surface area contributed by atoms with E-state index in [4.69, 9.17) is 14.2 Å². The van der Waals surface area contributed by atoms with Crippen molar-refractivity contribution < 1.29 is 28.6 Å². The van der Waals surface area contributed by atoms with Crippen molar-refractivity contribution in [1.29, 1.82) is 0 Å². The summed E-state index contributed by atoms with van der Waals surface area (Å²) in [5.41, 5.74) is 0. The van der Waals surface area contributed by atoms with Gasteiger partial charge < -0.3 is 14.2 Å². The Bertz CT molecular complexity index is 1250. The average Bonchev–Trinajstić information content (AvgIpc) is 3.26. The fraction of sp³-hybridized carbons (Fsp3) is 0.655. The molecule has 0 rings (SSSR count). The smallest absolute Gasteiger partial charge is 0.306 e. The van der Waals surface area contributed by atoms with E-state index in [9.17, 15) is 14.4 Å². The number of hydrogen-bond acceptors (Lipinski definition) is 6. The first-order valence-electron chi connectivity index (χ1n) is 24.8. The molecular weight excluding hydrogens is 757 g/mol. The van der Waals surface area contributed by atoms with Gasteiger partial charge in [0.15, 0.2) is 6.10 Å². The van der Waals surface area contributed by atoms with E-state index in [0.717, 1.165) is 89.9 Å². The molecule has 0 aliphatic heterocycles. The highest BCUT2D eigenvalue weighted by molar-refractivity contribution is 5.71. The third-order valence-corrected chi connectivity index (χ3v) is 10.2. The lowest BCUT2D eigenvalue weighted by Gasteiger charge is -2.18. The zero-order chi connectivity index (χ0) is 44.4. The van der Waals surface area contributed by atoms with Gasteiger partial charge in [-0.1, -0.05) is 208 Å². The summed E-state index contributed by atoms with van der Waals surface area (Å²) in [7, 11) is 0. The molecule has 0 amide bonds. The van der Waals surface area contributed by atoms with Gasteiger partial charge >= 0.3 is 17.9 Å². The molecule has 0 bridgehead atoms. The summed E-state index contributed by atoms with van der Waals surface area (Å²) in [6.07, 6.45) is 63.9. The number of allylic oxidation sites excluding steroid dienone is 16. The summed E-state index contributed by atoms with van der Waals surface area (Å²) < 4.78 is 16.7. The lowest BCUT2D eigenvalue weighted by molar-refractivity contribution is -0.166. The minimum absolute atomic E-state index is 0.113. The Morgan fingerprint density at radius 1 is 0.361 bits per heavy atom. The molecule has 61 heavy (non-hydrogen) atoms. The molecule has 0 radical (unpaired) electrons. The molecule has 1 atom stereocenters. The first-order valence-corrected chi connectivity index (χ1v) is 24.8. The molecule has 0 spiro atoms.